The van der Waals surface area contributed by atoms with Crippen LogP contribution < -0.4 is 11.0 Å². The highest BCUT2D eigenvalue weighted by molar-refractivity contribution is 5.75. The molecule has 0 radical (unpaired) electrons. The first-order valence-electron chi connectivity index (χ1n) is 13.8. The van der Waals surface area contributed by atoms with Gasteiger partial charge in [0, 0.05) is 19.6 Å². The van der Waals surface area contributed by atoms with Crippen LogP contribution in [-0.4, -0.2) is 67.7 Å². The number of aromatic nitrogens is 4. The van der Waals surface area contributed by atoms with E-state index in [0.717, 1.165) is 48.1 Å². The summed E-state index contributed by atoms with van der Waals surface area (Å²) in [6, 6.07) is 24.2. The Morgan fingerprint density at radius 2 is 1.62 bits per heavy atom. The normalized spacial score (nSPS) is 15.1. The van der Waals surface area contributed by atoms with E-state index < -0.39 is 17.2 Å². The Kier molecular flexibility index (Phi) is 8.27. The zero-order valence-corrected chi connectivity index (χ0v) is 22.9. The van der Waals surface area contributed by atoms with Crippen molar-refractivity contribution in [3.63, 3.8) is 0 Å². The van der Waals surface area contributed by atoms with Crippen LogP contribution in [0.3, 0.4) is 0 Å². The lowest BCUT2D eigenvalue weighted by atomic mass is 10.00. The SMILES string of the molecule is CC(C)(C(=O)O)n1nc2ccc(NCCCN3CCC(OC(c4ccccc4)c4ccccc4)CC3)nn2c1=O. The molecule has 40 heavy (non-hydrogen) atoms. The number of likely N-dealkylation sites (tertiary alicyclic amines) is 1. The van der Waals surface area contributed by atoms with Gasteiger partial charge in [-0.2, -0.15) is 9.20 Å². The number of rotatable bonds is 11. The maximum Gasteiger partial charge on any atom is 0.368 e. The van der Waals surface area contributed by atoms with E-state index >= 15 is 0 Å². The Labute approximate surface area is 233 Å². The van der Waals surface area contributed by atoms with Crippen molar-refractivity contribution in [2.45, 2.75) is 50.9 Å². The summed E-state index contributed by atoms with van der Waals surface area (Å²) >= 11 is 0. The van der Waals surface area contributed by atoms with Gasteiger partial charge in [0.15, 0.2) is 11.2 Å². The van der Waals surface area contributed by atoms with E-state index in [2.05, 4.69) is 68.9 Å². The second-order valence-corrected chi connectivity index (χ2v) is 10.7. The van der Waals surface area contributed by atoms with Crippen LogP contribution in [0.4, 0.5) is 5.82 Å². The number of carboxylic acids is 1. The molecule has 4 aromatic rings. The Morgan fingerprint density at radius 1 is 1.00 bits per heavy atom. The van der Waals surface area contributed by atoms with Crippen LogP contribution >= 0.6 is 0 Å². The van der Waals surface area contributed by atoms with Gasteiger partial charge in [-0.1, -0.05) is 60.7 Å². The van der Waals surface area contributed by atoms with Crippen LogP contribution in [0.25, 0.3) is 5.65 Å². The van der Waals surface area contributed by atoms with Crippen LogP contribution in [0, 0.1) is 0 Å². The van der Waals surface area contributed by atoms with Gasteiger partial charge >= 0.3 is 11.7 Å². The monoisotopic (exact) mass is 544 g/mol. The van der Waals surface area contributed by atoms with Gasteiger partial charge in [0.05, 0.1) is 6.10 Å². The largest absolute Gasteiger partial charge is 0.479 e. The zero-order chi connectivity index (χ0) is 28.1. The van der Waals surface area contributed by atoms with Gasteiger partial charge in [-0.25, -0.2) is 9.59 Å². The van der Waals surface area contributed by atoms with Gasteiger partial charge in [0.1, 0.15) is 11.9 Å². The van der Waals surface area contributed by atoms with Crippen molar-refractivity contribution < 1.29 is 14.6 Å². The molecule has 210 valence electrons. The molecule has 2 aromatic heterocycles. The van der Waals surface area contributed by atoms with Crippen molar-refractivity contribution in [1.29, 1.82) is 0 Å². The number of fused-ring (bicyclic) bond motifs is 1. The summed E-state index contributed by atoms with van der Waals surface area (Å²) in [7, 11) is 0. The molecule has 0 unspecified atom stereocenters. The fourth-order valence-corrected chi connectivity index (χ4v) is 5.00. The molecule has 0 spiro atoms. The average Bonchev–Trinajstić information content (AvgIpc) is 3.32. The minimum Gasteiger partial charge on any atom is -0.479 e. The molecule has 10 nitrogen and oxygen atoms in total. The number of nitrogens with one attached hydrogen (secondary N) is 1. The molecule has 2 aromatic carbocycles. The summed E-state index contributed by atoms with van der Waals surface area (Å²) in [4.78, 5) is 26.7. The summed E-state index contributed by atoms with van der Waals surface area (Å²) in [5.74, 6) is -0.596. The minimum absolute atomic E-state index is 0.0669. The highest BCUT2D eigenvalue weighted by atomic mass is 16.5. The van der Waals surface area contributed by atoms with Crippen LogP contribution in [0.5, 0.6) is 0 Å². The molecule has 0 aliphatic carbocycles. The van der Waals surface area contributed by atoms with E-state index in [1.165, 1.54) is 25.0 Å². The first-order chi connectivity index (χ1) is 19.3. The molecule has 1 fully saturated rings. The lowest BCUT2D eigenvalue weighted by Gasteiger charge is -2.34. The number of hydrogen-bond donors (Lipinski definition) is 2. The number of ether oxygens (including phenoxy) is 1. The van der Waals surface area contributed by atoms with Crippen LogP contribution in [0.2, 0.25) is 0 Å². The molecule has 1 aliphatic rings. The molecule has 5 rings (SSSR count). The number of hydrogen-bond acceptors (Lipinski definition) is 7. The van der Waals surface area contributed by atoms with Crippen molar-refractivity contribution in [1.82, 2.24) is 24.3 Å². The van der Waals surface area contributed by atoms with Gasteiger partial charge in [0.25, 0.3) is 0 Å². The van der Waals surface area contributed by atoms with Crippen molar-refractivity contribution in [2.75, 3.05) is 31.5 Å². The predicted octanol–water partition coefficient (Wildman–Crippen LogP) is 3.78. The quantitative estimate of drug-likeness (QED) is 0.274. The van der Waals surface area contributed by atoms with E-state index in [-0.39, 0.29) is 12.2 Å². The Balaban J connectivity index is 1.10. The summed E-state index contributed by atoms with van der Waals surface area (Å²) in [5, 5.41) is 21.2. The van der Waals surface area contributed by atoms with Gasteiger partial charge in [-0.15, -0.1) is 10.2 Å². The maximum absolute atomic E-state index is 12.7. The lowest BCUT2D eigenvalue weighted by molar-refractivity contribution is -0.146. The van der Waals surface area contributed by atoms with Gasteiger partial charge < -0.3 is 20.1 Å². The second kappa shape index (κ2) is 12.0. The molecular formula is C30H36N6O4. The van der Waals surface area contributed by atoms with Gasteiger partial charge in [-0.3, -0.25) is 0 Å². The summed E-state index contributed by atoms with van der Waals surface area (Å²) in [5.41, 5.74) is 0.596. The maximum atomic E-state index is 12.7. The lowest BCUT2D eigenvalue weighted by Crippen LogP contribution is -2.43. The van der Waals surface area contributed by atoms with E-state index in [4.69, 9.17) is 4.74 Å². The number of carbonyl (C=O) groups is 1. The fraction of sp³-hybridized carbons (Fsp3) is 0.400. The molecular weight excluding hydrogens is 508 g/mol. The first kappa shape index (κ1) is 27.5. The van der Waals surface area contributed by atoms with Crippen LogP contribution in [0.15, 0.2) is 77.6 Å². The molecule has 3 heterocycles. The first-order valence-corrected chi connectivity index (χ1v) is 13.8. The number of anilines is 1. The van der Waals surface area contributed by atoms with E-state index in [9.17, 15) is 14.7 Å². The number of carboxylic acid groups (broad SMARTS) is 1. The molecule has 0 saturated carbocycles. The molecule has 1 saturated heterocycles. The molecule has 2 N–H and O–H groups in total. The van der Waals surface area contributed by atoms with Crippen molar-refractivity contribution in [3.05, 3.63) is 94.4 Å². The Bertz CT molecular complexity index is 1440. The molecule has 0 atom stereocenters. The van der Waals surface area contributed by atoms with Gasteiger partial charge in [0.2, 0.25) is 0 Å². The number of aliphatic carboxylic acids is 1. The van der Waals surface area contributed by atoms with Gasteiger partial charge in [-0.05, 0) is 62.9 Å². The Hall–Kier alpha value is -4.02. The smallest absolute Gasteiger partial charge is 0.368 e. The summed E-state index contributed by atoms with van der Waals surface area (Å²) in [6.45, 7) is 6.48. The van der Waals surface area contributed by atoms with Crippen LogP contribution in [-0.2, 0) is 15.1 Å². The van der Waals surface area contributed by atoms with E-state index in [0.29, 0.717) is 18.0 Å². The van der Waals surface area contributed by atoms with Crippen molar-refractivity contribution >= 4 is 17.4 Å². The standard InChI is InChI=1S/C30H36N6O4/c1-30(2,28(37)38)36-29(39)35-26(33-36)15-14-25(32-35)31-18-9-19-34-20-16-24(17-21-34)40-27(22-10-5-3-6-11-22)23-12-7-4-8-13-23/h3-8,10-15,24,27H,9,16-21H2,1-2H3,(H,31,32)(H,37,38). The zero-order valence-electron chi connectivity index (χ0n) is 22.9. The third-order valence-corrected chi connectivity index (χ3v) is 7.46. The van der Waals surface area contributed by atoms with E-state index in [1.807, 2.05) is 12.1 Å². The third kappa shape index (κ3) is 6.08. The number of nitrogens with zero attached hydrogens (tertiary/aromatic N) is 5. The Morgan fingerprint density at radius 3 is 2.23 bits per heavy atom. The minimum atomic E-state index is -1.47. The van der Waals surface area contributed by atoms with Crippen molar-refractivity contribution in [2.24, 2.45) is 0 Å². The highest BCUT2D eigenvalue weighted by Gasteiger charge is 2.33. The van der Waals surface area contributed by atoms with Crippen molar-refractivity contribution in [3.8, 4) is 0 Å². The third-order valence-electron chi connectivity index (χ3n) is 7.46. The summed E-state index contributed by atoms with van der Waals surface area (Å²) in [6.07, 6.45) is 3.04. The second-order valence-electron chi connectivity index (χ2n) is 10.7. The van der Waals surface area contributed by atoms with Crippen LogP contribution in [0.1, 0.15) is 50.3 Å². The predicted molar refractivity (Wildman–Crippen MR) is 153 cm³/mol. The molecule has 1 aliphatic heterocycles. The topological polar surface area (TPSA) is 114 Å². The van der Waals surface area contributed by atoms with E-state index in [1.54, 1.807) is 12.1 Å². The average molecular weight is 545 g/mol. The molecule has 0 bridgehead atoms. The number of benzene rings is 2. The fourth-order valence-electron chi connectivity index (χ4n) is 5.00. The highest BCUT2D eigenvalue weighted by Crippen LogP contribution is 2.30. The number of piperidine rings is 1. The molecule has 10 heteroatoms. The summed E-state index contributed by atoms with van der Waals surface area (Å²) < 4.78 is 8.75. The molecule has 0 amide bonds.